The molecule has 0 spiro atoms. The van der Waals surface area contributed by atoms with Gasteiger partial charge in [0.15, 0.2) is 6.10 Å². The van der Waals surface area contributed by atoms with Crippen molar-refractivity contribution in [2.24, 2.45) is 0 Å². The number of hydrogen-bond donors (Lipinski definition) is 2. The fourth-order valence-corrected chi connectivity index (χ4v) is 0.631. The third-order valence-corrected chi connectivity index (χ3v) is 1.21. The molecule has 1 heterocycles. The number of aliphatic hydroxyl groups is 2. The van der Waals surface area contributed by atoms with E-state index in [1.807, 2.05) is 0 Å². The summed E-state index contributed by atoms with van der Waals surface area (Å²) < 4.78 is 4.34. The van der Waals surface area contributed by atoms with Gasteiger partial charge in [-0.05, 0) is 6.92 Å². The molecule has 1 fully saturated rings. The third kappa shape index (κ3) is 0.906. The van der Waals surface area contributed by atoms with Gasteiger partial charge >= 0.3 is 5.97 Å². The van der Waals surface area contributed by atoms with Crippen molar-refractivity contribution in [2.75, 3.05) is 0 Å². The van der Waals surface area contributed by atoms with Gasteiger partial charge in [0.1, 0.15) is 12.2 Å². The van der Waals surface area contributed by atoms with Crippen LogP contribution in [-0.2, 0) is 9.53 Å². The molecule has 0 aliphatic carbocycles. The summed E-state index contributed by atoms with van der Waals surface area (Å²) in [5.74, 6) is -0.803. The lowest BCUT2D eigenvalue weighted by Gasteiger charge is -2.04. The van der Waals surface area contributed by atoms with Gasteiger partial charge in [-0.3, -0.25) is 0 Å². The molecule has 0 aromatic rings. The van der Waals surface area contributed by atoms with Crippen LogP contribution in [0.25, 0.3) is 0 Å². The zero-order valence-corrected chi connectivity index (χ0v) is 4.65. The molecule has 2 N–H and O–H groups in total. The highest BCUT2D eigenvalue weighted by Crippen LogP contribution is 2.13. The van der Waals surface area contributed by atoms with Crippen LogP contribution in [-0.4, -0.2) is 34.5 Å². The van der Waals surface area contributed by atoms with E-state index in [9.17, 15) is 4.79 Å². The van der Waals surface area contributed by atoms with Crippen LogP contribution in [0.3, 0.4) is 0 Å². The minimum Gasteiger partial charge on any atom is -0.457 e. The minimum atomic E-state index is -1.41. The number of cyclic esters (lactones) is 1. The van der Waals surface area contributed by atoms with Gasteiger partial charge in [-0.25, -0.2) is 4.79 Å². The van der Waals surface area contributed by atoms with E-state index in [-0.39, 0.29) is 0 Å². The summed E-state index contributed by atoms with van der Waals surface area (Å²) >= 11 is 0. The maximum absolute atomic E-state index is 10.3. The normalized spacial score (nSPS) is 43.0. The SMILES string of the molecule is [CH2]C1OC(=O)C(O)C1O. The summed E-state index contributed by atoms with van der Waals surface area (Å²) in [6.45, 7) is 3.27. The molecule has 1 saturated heterocycles. The van der Waals surface area contributed by atoms with Crippen molar-refractivity contribution in [1.29, 1.82) is 0 Å². The van der Waals surface area contributed by atoms with Crippen LogP contribution in [0, 0.1) is 6.92 Å². The summed E-state index contributed by atoms with van der Waals surface area (Å²) in [5, 5.41) is 17.5. The Hall–Kier alpha value is -0.610. The quantitative estimate of drug-likeness (QED) is 0.391. The van der Waals surface area contributed by atoms with E-state index >= 15 is 0 Å². The van der Waals surface area contributed by atoms with Crippen molar-refractivity contribution in [2.45, 2.75) is 18.3 Å². The molecule has 0 aromatic carbocycles. The summed E-state index contributed by atoms with van der Waals surface area (Å²) in [4.78, 5) is 10.3. The molecular weight excluding hydrogens is 124 g/mol. The van der Waals surface area contributed by atoms with Crippen molar-refractivity contribution in [1.82, 2.24) is 0 Å². The van der Waals surface area contributed by atoms with E-state index in [0.717, 1.165) is 0 Å². The number of carbonyl (C=O) groups excluding carboxylic acids is 1. The van der Waals surface area contributed by atoms with E-state index in [4.69, 9.17) is 10.2 Å². The van der Waals surface area contributed by atoms with Crippen molar-refractivity contribution in [3.8, 4) is 0 Å². The maximum atomic E-state index is 10.3. The Bertz CT molecular complexity index is 133. The van der Waals surface area contributed by atoms with Crippen molar-refractivity contribution in [3.63, 3.8) is 0 Å². The number of rotatable bonds is 0. The van der Waals surface area contributed by atoms with Gasteiger partial charge in [-0.2, -0.15) is 0 Å². The molecule has 3 atom stereocenters. The zero-order chi connectivity index (χ0) is 7.02. The molecule has 4 heteroatoms. The Kier molecular flexibility index (Phi) is 1.42. The molecule has 1 rings (SSSR count). The van der Waals surface area contributed by atoms with Crippen molar-refractivity contribution < 1.29 is 19.7 Å². The Morgan fingerprint density at radius 2 is 2.11 bits per heavy atom. The van der Waals surface area contributed by atoms with Crippen molar-refractivity contribution >= 4 is 5.97 Å². The lowest BCUT2D eigenvalue weighted by atomic mass is 10.2. The molecule has 1 aliphatic rings. The second-order valence-corrected chi connectivity index (χ2v) is 1.91. The highest BCUT2D eigenvalue weighted by atomic mass is 16.6. The van der Waals surface area contributed by atoms with Gasteiger partial charge in [-0.15, -0.1) is 0 Å². The van der Waals surface area contributed by atoms with E-state index in [1.54, 1.807) is 0 Å². The fraction of sp³-hybridized carbons (Fsp3) is 0.600. The Morgan fingerprint density at radius 1 is 1.56 bits per heavy atom. The average molecular weight is 131 g/mol. The van der Waals surface area contributed by atoms with E-state index in [2.05, 4.69) is 11.7 Å². The van der Waals surface area contributed by atoms with Gasteiger partial charge in [0.05, 0.1) is 0 Å². The maximum Gasteiger partial charge on any atom is 0.338 e. The van der Waals surface area contributed by atoms with E-state index < -0.39 is 24.3 Å². The van der Waals surface area contributed by atoms with Crippen molar-refractivity contribution in [3.05, 3.63) is 6.92 Å². The molecule has 0 saturated carbocycles. The Labute approximate surface area is 52.1 Å². The third-order valence-electron chi connectivity index (χ3n) is 1.21. The predicted molar refractivity (Wildman–Crippen MR) is 27.3 cm³/mol. The molecule has 4 nitrogen and oxygen atoms in total. The highest BCUT2D eigenvalue weighted by molar-refractivity contribution is 5.77. The van der Waals surface area contributed by atoms with Crippen LogP contribution in [0.1, 0.15) is 0 Å². The van der Waals surface area contributed by atoms with Crippen LogP contribution in [0.4, 0.5) is 0 Å². The van der Waals surface area contributed by atoms with Gasteiger partial charge in [0.2, 0.25) is 0 Å². The topological polar surface area (TPSA) is 66.8 Å². The first-order valence-corrected chi connectivity index (χ1v) is 2.52. The summed E-state index contributed by atoms with van der Waals surface area (Å²) in [7, 11) is 0. The first-order chi connectivity index (χ1) is 4.13. The number of ether oxygens (including phenoxy) is 1. The molecule has 3 unspecified atom stereocenters. The Morgan fingerprint density at radius 3 is 2.22 bits per heavy atom. The standard InChI is InChI=1S/C5H7O4/c1-2-3(6)4(7)5(8)9-2/h2-4,6-7H,1H2. The van der Waals surface area contributed by atoms with E-state index in [1.165, 1.54) is 0 Å². The van der Waals surface area contributed by atoms with Gasteiger partial charge in [0, 0.05) is 0 Å². The minimum absolute atomic E-state index is 0.803. The monoisotopic (exact) mass is 131 g/mol. The lowest BCUT2D eigenvalue weighted by molar-refractivity contribution is -0.146. The number of hydrogen-bond acceptors (Lipinski definition) is 4. The molecule has 1 aliphatic heterocycles. The average Bonchev–Trinajstić information content (AvgIpc) is 1.98. The molecule has 51 valence electrons. The second-order valence-electron chi connectivity index (χ2n) is 1.91. The molecule has 9 heavy (non-hydrogen) atoms. The van der Waals surface area contributed by atoms with Gasteiger partial charge < -0.3 is 14.9 Å². The predicted octanol–water partition coefficient (Wildman–Crippen LogP) is -1.53. The lowest BCUT2D eigenvalue weighted by Crippen LogP contribution is -2.29. The first kappa shape index (κ1) is 6.51. The number of aliphatic hydroxyl groups excluding tert-OH is 2. The highest BCUT2D eigenvalue weighted by Gasteiger charge is 2.39. The summed E-state index contributed by atoms with van der Waals surface area (Å²) in [6.07, 6.45) is -3.41. The Balaban J connectivity index is 2.65. The van der Waals surface area contributed by atoms with Crippen LogP contribution >= 0.6 is 0 Å². The van der Waals surface area contributed by atoms with Crippen LogP contribution < -0.4 is 0 Å². The number of carbonyl (C=O) groups is 1. The summed E-state index contributed by atoms with van der Waals surface area (Å²) in [5.41, 5.74) is 0. The molecule has 0 bridgehead atoms. The van der Waals surface area contributed by atoms with Crippen LogP contribution in [0.2, 0.25) is 0 Å². The van der Waals surface area contributed by atoms with E-state index in [0.29, 0.717) is 0 Å². The van der Waals surface area contributed by atoms with Crippen LogP contribution in [0.5, 0.6) is 0 Å². The molecular formula is C5H7O4. The second kappa shape index (κ2) is 1.97. The first-order valence-electron chi connectivity index (χ1n) is 2.52. The zero-order valence-electron chi connectivity index (χ0n) is 4.65. The smallest absolute Gasteiger partial charge is 0.338 e. The van der Waals surface area contributed by atoms with Gasteiger partial charge in [0.25, 0.3) is 0 Å². The fourth-order valence-electron chi connectivity index (χ4n) is 0.631. The van der Waals surface area contributed by atoms with Gasteiger partial charge in [-0.1, -0.05) is 0 Å². The number of esters is 1. The molecule has 1 radical (unpaired) electrons. The largest absolute Gasteiger partial charge is 0.457 e. The van der Waals surface area contributed by atoms with Crippen LogP contribution in [0.15, 0.2) is 0 Å². The molecule has 0 amide bonds. The summed E-state index contributed by atoms with van der Waals surface area (Å²) in [6, 6.07) is 0. The molecule has 0 aromatic heterocycles.